The zero-order valence-electron chi connectivity index (χ0n) is 19.1. The maximum Gasteiger partial charge on any atom is 0.261 e. The van der Waals surface area contributed by atoms with Gasteiger partial charge in [0.1, 0.15) is 17.1 Å². The number of hydrogen-bond donors (Lipinski definition) is 3. The summed E-state index contributed by atoms with van der Waals surface area (Å²) in [6.07, 6.45) is 7.46. The fourth-order valence-electron chi connectivity index (χ4n) is 3.98. The van der Waals surface area contributed by atoms with Gasteiger partial charge in [0.15, 0.2) is 11.5 Å². The van der Waals surface area contributed by atoms with E-state index in [0.29, 0.717) is 34.2 Å². The second-order valence-corrected chi connectivity index (χ2v) is 7.92. The number of benzene rings is 2. The van der Waals surface area contributed by atoms with Gasteiger partial charge >= 0.3 is 0 Å². The molecule has 0 radical (unpaired) electrons. The fourth-order valence-corrected chi connectivity index (χ4v) is 3.98. The first kappa shape index (κ1) is 22.1. The topological polar surface area (TPSA) is 102 Å². The molecule has 1 aliphatic heterocycles. The number of pyridine rings is 1. The Labute approximate surface area is 201 Å². The molecule has 8 heteroatoms. The zero-order valence-corrected chi connectivity index (χ0v) is 19.1. The minimum Gasteiger partial charge on any atom is -0.493 e. The maximum absolute atomic E-state index is 12.7. The number of rotatable bonds is 6. The van der Waals surface area contributed by atoms with Crippen molar-refractivity contribution in [3.05, 3.63) is 118 Å². The molecule has 1 atom stereocenters. The van der Waals surface area contributed by atoms with Gasteiger partial charge in [-0.1, -0.05) is 18.2 Å². The largest absolute Gasteiger partial charge is 0.493 e. The number of aromatic amines is 1. The Morgan fingerprint density at radius 2 is 1.77 bits per heavy atom. The van der Waals surface area contributed by atoms with Crippen LogP contribution in [0.3, 0.4) is 0 Å². The number of amides is 1. The van der Waals surface area contributed by atoms with Crippen LogP contribution in [-0.4, -0.2) is 31.2 Å². The van der Waals surface area contributed by atoms with E-state index in [4.69, 9.17) is 14.2 Å². The third kappa shape index (κ3) is 4.41. The highest BCUT2D eigenvalue weighted by atomic mass is 16.5. The van der Waals surface area contributed by atoms with Gasteiger partial charge in [0, 0.05) is 23.0 Å². The summed E-state index contributed by atoms with van der Waals surface area (Å²) in [4.78, 5) is 27.8. The minimum atomic E-state index is -0.486. The molecule has 1 unspecified atom stereocenters. The lowest BCUT2D eigenvalue weighted by Crippen LogP contribution is -2.31. The number of ether oxygens (including phenoxy) is 3. The Hall–Kier alpha value is -4.72. The maximum atomic E-state index is 12.7. The van der Waals surface area contributed by atoms with E-state index in [1.54, 1.807) is 50.6 Å². The molecule has 0 bridgehead atoms. The molecular formula is C27H23N3O5. The van der Waals surface area contributed by atoms with E-state index in [2.05, 4.69) is 15.6 Å². The van der Waals surface area contributed by atoms with Crippen LogP contribution in [0.2, 0.25) is 0 Å². The van der Waals surface area contributed by atoms with Crippen molar-refractivity contribution in [2.24, 2.45) is 0 Å². The Bertz CT molecular complexity index is 1480. The molecule has 2 aliphatic rings. The Kier molecular flexibility index (Phi) is 5.85. The third-order valence-corrected chi connectivity index (χ3v) is 5.76. The summed E-state index contributed by atoms with van der Waals surface area (Å²) in [5.74, 6) is 2.02. The van der Waals surface area contributed by atoms with Gasteiger partial charge in [0.25, 0.3) is 11.5 Å². The number of anilines is 1. The highest BCUT2D eigenvalue weighted by molar-refractivity contribution is 6.05. The van der Waals surface area contributed by atoms with Crippen molar-refractivity contribution < 1.29 is 19.0 Å². The summed E-state index contributed by atoms with van der Waals surface area (Å²) in [6, 6.07) is 15.7. The smallest absolute Gasteiger partial charge is 0.261 e. The standard InChI is InChI=1S/C27H23N3O5/c1-33-24-14-19-22(15-25(24)34-2)28-12-11-23(19)35-18-9-7-17(8-10-18)29-26(31)20-13-16-5-3-4-6-21(16)30-27(20)32/h3-15,22,28H,1-2H3,(H,29,31)(H,30,32). The summed E-state index contributed by atoms with van der Waals surface area (Å²) in [5, 5.41) is 6.81. The Morgan fingerprint density at radius 3 is 2.54 bits per heavy atom. The van der Waals surface area contributed by atoms with E-state index in [9.17, 15) is 9.59 Å². The van der Waals surface area contributed by atoms with Gasteiger partial charge in [0.05, 0.1) is 20.3 Å². The van der Waals surface area contributed by atoms with Crippen LogP contribution in [-0.2, 0) is 9.47 Å². The summed E-state index contributed by atoms with van der Waals surface area (Å²) in [5.41, 5.74) is 1.72. The molecule has 2 heterocycles. The number of dihydropyridines is 1. The second-order valence-electron chi connectivity index (χ2n) is 7.92. The SMILES string of the molecule is COC1=CC2=C(Oc3ccc(NC(=O)c4cc5ccccc5[nH]c4=O)cc3)C=CNC2C=C1OC. The molecule has 8 nitrogen and oxygen atoms in total. The number of carbonyl (C=O) groups excluding carboxylic acids is 1. The Balaban J connectivity index is 1.33. The van der Waals surface area contributed by atoms with Gasteiger partial charge in [-0.15, -0.1) is 0 Å². The molecule has 0 fully saturated rings. The van der Waals surface area contributed by atoms with E-state index < -0.39 is 11.5 Å². The van der Waals surface area contributed by atoms with Crippen LogP contribution in [0, 0.1) is 0 Å². The normalized spacial score (nSPS) is 16.6. The van der Waals surface area contributed by atoms with E-state index in [0.717, 1.165) is 11.0 Å². The molecule has 1 amide bonds. The number of H-pyrrole nitrogens is 1. The van der Waals surface area contributed by atoms with Crippen LogP contribution >= 0.6 is 0 Å². The molecule has 35 heavy (non-hydrogen) atoms. The molecule has 0 spiro atoms. The monoisotopic (exact) mass is 469 g/mol. The van der Waals surface area contributed by atoms with Crippen LogP contribution in [0.15, 0.2) is 107 Å². The number of para-hydroxylation sites is 1. The van der Waals surface area contributed by atoms with E-state index in [1.165, 1.54) is 0 Å². The number of methoxy groups -OCH3 is 2. The molecule has 3 N–H and O–H groups in total. The van der Waals surface area contributed by atoms with Crippen molar-refractivity contribution in [1.29, 1.82) is 0 Å². The zero-order chi connectivity index (χ0) is 24.4. The fraction of sp³-hybridized carbons (Fsp3) is 0.111. The van der Waals surface area contributed by atoms with E-state index in [1.807, 2.05) is 42.6 Å². The summed E-state index contributed by atoms with van der Waals surface area (Å²) in [6.45, 7) is 0. The number of allylic oxidation sites excluding steroid dienone is 1. The average Bonchev–Trinajstić information content (AvgIpc) is 2.88. The van der Waals surface area contributed by atoms with Crippen molar-refractivity contribution in [1.82, 2.24) is 10.3 Å². The van der Waals surface area contributed by atoms with Crippen LogP contribution in [0.4, 0.5) is 5.69 Å². The molecular weight excluding hydrogens is 446 g/mol. The van der Waals surface area contributed by atoms with Gasteiger partial charge in [-0.05, 0) is 60.0 Å². The first-order valence-corrected chi connectivity index (χ1v) is 11.0. The molecule has 1 aromatic heterocycles. The first-order chi connectivity index (χ1) is 17.1. The number of aromatic nitrogens is 1. The summed E-state index contributed by atoms with van der Waals surface area (Å²) >= 11 is 0. The number of nitrogens with one attached hydrogen (secondary N) is 3. The van der Waals surface area contributed by atoms with Crippen LogP contribution in [0.25, 0.3) is 10.9 Å². The van der Waals surface area contributed by atoms with E-state index in [-0.39, 0.29) is 11.6 Å². The van der Waals surface area contributed by atoms with Crippen molar-refractivity contribution in [2.75, 3.05) is 19.5 Å². The van der Waals surface area contributed by atoms with Gasteiger partial charge in [-0.2, -0.15) is 0 Å². The van der Waals surface area contributed by atoms with Crippen molar-refractivity contribution >= 4 is 22.5 Å². The number of carbonyl (C=O) groups is 1. The minimum absolute atomic E-state index is 0.0448. The van der Waals surface area contributed by atoms with Crippen molar-refractivity contribution in [3.63, 3.8) is 0 Å². The van der Waals surface area contributed by atoms with Gasteiger partial charge < -0.3 is 29.8 Å². The quantitative estimate of drug-likeness (QED) is 0.505. The summed E-state index contributed by atoms with van der Waals surface area (Å²) in [7, 11) is 3.19. The van der Waals surface area contributed by atoms with Gasteiger partial charge in [0.2, 0.25) is 0 Å². The number of hydrogen-bond acceptors (Lipinski definition) is 6. The molecule has 2 aromatic carbocycles. The van der Waals surface area contributed by atoms with Crippen LogP contribution in [0.5, 0.6) is 5.75 Å². The lowest BCUT2D eigenvalue weighted by atomic mass is 9.96. The molecule has 1 aliphatic carbocycles. The predicted octanol–water partition coefficient (Wildman–Crippen LogP) is 3.97. The third-order valence-electron chi connectivity index (χ3n) is 5.76. The second kappa shape index (κ2) is 9.26. The first-order valence-electron chi connectivity index (χ1n) is 11.0. The molecule has 0 saturated heterocycles. The highest BCUT2D eigenvalue weighted by Crippen LogP contribution is 2.30. The average molecular weight is 469 g/mol. The van der Waals surface area contributed by atoms with Crippen LogP contribution in [0.1, 0.15) is 10.4 Å². The molecule has 3 aromatic rings. The number of fused-ring (bicyclic) bond motifs is 2. The molecule has 5 rings (SSSR count). The lowest BCUT2D eigenvalue weighted by Gasteiger charge is -2.27. The highest BCUT2D eigenvalue weighted by Gasteiger charge is 2.26. The van der Waals surface area contributed by atoms with E-state index >= 15 is 0 Å². The Morgan fingerprint density at radius 1 is 1.00 bits per heavy atom. The predicted molar refractivity (Wildman–Crippen MR) is 133 cm³/mol. The molecule has 0 saturated carbocycles. The lowest BCUT2D eigenvalue weighted by molar-refractivity contribution is 0.102. The summed E-state index contributed by atoms with van der Waals surface area (Å²) < 4.78 is 16.9. The van der Waals surface area contributed by atoms with Gasteiger partial charge in [-0.25, -0.2) is 0 Å². The van der Waals surface area contributed by atoms with Crippen LogP contribution < -0.4 is 20.9 Å². The molecule has 176 valence electrons. The van der Waals surface area contributed by atoms with Gasteiger partial charge in [-0.3, -0.25) is 9.59 Å². The van der Waals surface area contributed by atoms with Crippen molar-refractivity contribution in [3.8, 4) is 5.75 Å². The van der Waals surface area contributed by atoms with Crippen molar-refractivity contribution in [2.45, 2.75) is 6.04 Å².